The SMILES string of the molecule is C[C@H]1C[C@H](C(=O)N[C@@H](CC(=O)O)c2ccccc2)CN(CCCc2ccc3c(n2)NCCC3)C1. The molecule has 0 unspecified atom stereocenters. The highest BCUT2D eigenvalue weighted by atomic mass is 16.4. The molecule has 7 heteroatoms. The number of carbonyl (C=O) groups is 2. The summed E-state index contributed by atoms with van der Waals surface area (Å²) in [6.45, 7) is 5.81. The van der Waals surface area contributed by atoms with Gasteiger partial charge in [-0.15, -0.1) is 0 Å². The first kappa shape index (κ1) is 24.2. The Hall–Kier alpha value is -2.93. The molecule has 7 nitrogen and oxygen atoms in total. The van der Waals surface area contributed by atoms with E-state index in [9.17, 15) is 14.7 Å². The average Bonchev–Trinajstić information content (AvgIpc) is 2.83. The molecule has 0 aliphatic carbocycles. The number of hydrogen-bond donors (Lipinski definition) is 3. The van der Waals surface area contributed by atoms with Crippen LogP contribution in [-0.2, 0) is 22.4 Å². The number of likely N-dealkylation sites (tertiary alicyclic amines) is 1. The monoisotopic (exact) mass is 464 g/mol. The zero-order valence-electron chi connectivity index (χ0n) is 20.0. The Labute approximate surface area is 202 Å². The number of aliphatic carboxylic acids is 1. The van der Waals surface area contributed by atoms with E-state index in [0.29, 0.717) is 12.5 Å². The van der Waals surface area contributed by atoms with Gasteiger partial charge in [-0.25, -0.2) is 4.98 Å². The second kappa shape index (κ2) is 11.5. The number of pyridine rings is 1. The molecule has 1 fully saturated rings. The molecule has 2 aliphatic rings. The van der Waals surface area contributed by atoms with Crippen LogP contribution in [0.1, 0.15) is 55.5 Å². The molecule has 3 heterocycles. The third-order valence-electron chi connectivity index (χ3n) is 6.86. The number of aromatic nitrogens is 1. The van der Waals surface area contributed by atoms with E-state index >= 15 is 0 Å². The maximum atomic E-state index is 13.1. The lowest BCUT2D eigenvalue weighted by Gasteiger charge is -2.36. The van der Waals surface area contributed by atoms with E-state index in [0.717, 1.165) is 68.8 Å². The van der Waals surface area contributed by atoms with Crippen LogP contribution in [0.4, 0.5) is 5.82 Å². The van der Waals surface area contributed by atoms with Gasteiger partial charge in [0.1, 0.15) is 5.82 Å². The van der Waals surface area contributed by atoms with Gasteiger partial charge in [0, 0.05) is 25.3 Å². The molecule has 34 heavy (non-hydrogen) atoms. The number of aryl methyl sites for hydroxylation is 2. The van der Waals surface area contributed by atoms with E-state index in [1.54, 1.807) is 0 Å². The van der Waals surface area contributed by atoms with Crippen LogP contribution in [0.25, 0.3) is 0 Å². The number of nitrogens with zero attached hydrogens (tertiary/aromatic N) is 2. The van der Waals surface area contributed by atoms with Crippen molar-refractivity contribution < 1.29 is 14.7 Å². The number of rotatable bonds is 9. The third kappa shape index (κ3) is 6.56. The topological polar surface area (TPSA) is 94.6 Å². The van der Waals surface area contributed by atoms with E-state index < -0.39 is 12.0 Å². The summed E-state index contributed by atoms with van der Waals surface area (Å²) in [5.74, 6) is 0.370. The van der Waals surface area contributed by atoms with Crippen molar-refractivity contribution in [2.75, 3.05) is 31.5 Å². The molecule has 0 saturated carbocycles. The smallest absolute Gasteiger partial charge is 0.305 e. The van der Waals surface area contributed by atoms with Crippen molar-refractivity contribution >= 4 is 17.7 Å². The summed E-state index contributed by atoms with van der Waals surface area (Å²) in [5.41, 5.74) is 3.25. The van der Waals surface area contributed by atoms with Crippen LogP contribution in [0.15, 0.2) is 42.5 Å². The molecule has 1 amide bonds. The summed E-state index contributed by atoms with van der Waals surface area (Å²) in [6.07, 6.45) is 4.89. The fraction of sp³-hybridized carbons (Fsp3) is 0.519. The Morgan fingerprint density at radius 2 is 2.03 bits per heavy atom. The van der Waals surface area contributed by atoms with Crippen LogP contribution in [0.3, 0.4) is 0 Å². The molecule has 182 valence electrons. The van der Waals surface area contributed by atoms with Crippen molar-refractivity contribution in [3.63, 3.8) is 0 Å². The van der Waals surface area contributed by atoms with Gasteiger partial charge in [-0.1, -0.05) is 43.3 Å². The van der Waals surface area contributed by atoms with Crippen molar-refractivity contribution in [1.82, 2.24) is 15.2 Å². The molecule has 1 aromatic carbocycles. The number of amides is 1. The number of anilines is 1. The second-order valence-electron chi connectivity index (χ2n) is 9.81. The molecule has 0 radical (unpaired) electrons. The second-order valence-corrected chi connectivity index (χ2v) is 9.81. The van der Waals surface area contributed by atoms with Crippen LogP contribution in [0.5, 0.6) is 0 Å². The van der Waals surface area contributed by atoms with Crippen LogP contribution in [0, 0.1) is 11.8 Å². The summed E-state index contributed by atoms with van der Waals surface area (Å²) in [4.78, 5) is 31.7. The normalized spacial score (nSPS) is 21.2. The third-order valence-corrected chi connectivity index (χ3v) is 6.86. The molecule has 0 spiro atoms. The van der Waals surface area contributed by atoms with E-state index in [2.05, 4.69) is 34.6 Å². The highest BCUT2D eigenvalue weighted by molar-refractivity contribution is 5.80. The fourth-order valence-corrected chi connectivity index (χ4v) is 5.23. The van der Waals surface area contributed by atoms with E-state index in [4.69, 9.17) is 4.98 Å². The molecule has 1 aromatic heterocycles. The number of benzene rings is 1. The number of fused-ring (bicyclic) bond motifs is 1. The summed E-state index contributed by atoms with van der Waals surface area (Å²) in [5, 5.41) is 15.8. The van der Waals surface area contributed by atoms with Crippen LogP contribution in [0.2, 0.25) is 0 Å². The highest BCUT2D eigenvalue weighted by Crippen LogP contribution is 2.25. The van der Waals surface area contributed by atoms with Crippen molar-refractivity contribution in [1.29, 1.82) is 0 Å². The minimum Gasteiger partial charge on any atom is -0.481 e. The lowest BCUT2D eigenvalue weighted by molar-refractivity contribution is -0.138. The zero-order chi connectivity index (χ0) is 23.9. The van der Waals surface area contributed by atoms with Gasteiger partial charge in [0.05, 0.1) is 18.4 Å². The summed E-state index contributed by atoms with van der Waals surface area (Å²) in [6, 6.07) is 13.2. The molecule has 3 atom stereocenters. The van der Waals surface area contributed by atoms with Gasteiger partial charge in [-0.2, -0.15) is 0 Å². The Morgan fingerprint density at radius 1 is 1.21 bits per heavy atom. The van der Waals surface area contributed by atoms with Crippen molar-refractivity contribution in [2.45, 2.75) is 51.5 Å². The molecular weight excluding hydrogens is 428 g/mol. The van der Waals surface area contributed by atoms with Gasteiger partial charge >= 0.3 is 5.97 Å². The molecule has 1 saturated heterocycles. The maximum Gasteiger partial charge on any atom is 0.305 e. The molecule has 2 aromatic rings. The molecule has 3 N–H and O–H groups in total. The number of carbonyl (C=O) groups excluding carboxylic acids is 1. The minimum atomic E-state index is -0.918. The Morgan fingerprint density at radius 3 is 2.82 bits per heavy atom. The van der Waals surface area contributed by atoms with E-state index in [1.807, 2.05) is 30.3 Å². The molecule has 2 aliphatic heterocycles. The lowest BCUT2D eigenvalue weighted by atomic mass is 9.89. The Kier molecular flexibility index (Phi) is 8.16. The number of piperidine rings is 1. The lowest BCUT2D eigenvalue weighted by Crippen LogP contribution is -2.47. The first-order valence-electron chi connectivity index (χ1n) is 12.5. The number of carboxylic acids is 1. The predicted molar refractivity (Wildman–Crippen MR) is 133 cm³/mol. The van der Waals surface area contributed by atoms with Gasteiger partial charge in [0.2, 0.25) is 5.91 Å². The first-order chi connectivity index (χ1) is 16.5. The quantitative estimate of drug-likeness (QED) is 0.524. The van der Waals surface area contributed by atoms with Gasteiger partial charge < -0.3 is 20.6 Å². The van der Waals surface area contributed by atoms with E-state index in [-0.39, 0.29) is 18.2 Å². The summed E-state index contributed by atoms with van der Waals surface area (Å²) >= 11 is 0. The van der Waals surface area contributed by atoms with Gasteiger partial charge in [0.15, 0.2) is 0 Å². The maximum absolute atomic E-state index is 13.1. The fourth-order valence-electron chi connectivity index (χ4n) is 5.23. The van der Waals surface area contributed by atoms with Gasteiger partial charge in [-0.3, -0.25) is 9.59 Å². The summed E-state index contributed by atoms with van der Waals surface area (Å²) < 4.78 is 0. The van der Waals surface area contributed by atoms with Crippen molar-refractivity contribution in [2.24, 2.45) is 11.8 Å². The number of carboxylic acid groups (broad SMARTS) is 1. The van der Waals surface area contributed by atoms with Crippen LogP contribution >= 0.6 is 0 Å². The first-order valence-corrected chi connectivity index (χ1v) is 12.5. The number of hydrogen-bond acceptors (Lipinski definition) is 5. The standard InChI is InChI=1S/C27H36N4O3/c1-19-15-22(27(34)30-24(16-25(32)33)20-7-3-2-4-8-20)18-31(17-19)14-6-10-23-12-11-21-9-5-13-28-26(21)29-23/h2-4,7-8,11-12,19,22,24H,5-6,9-10,13-18H2,1H3,(H,28,29)(H,30,34)(H,32,33)/t19-,22-,24-/m0/s1. The van der Waals surface area contributed by atoms with Crippen LogP contribution in [-0.4, -0.2) is 53.0 Å². The largest absolute Gasteiger partial charge is 0.481 e. The minimum absolute atomic E-state index is 0.0471. The highest BCUT2D eigenvalue weighted by Gasteiger charge is 2.31. The molecule has 0 bridgehead atoms. The van der Waals surface area contributed by atoms with Crippen molar-refractivity contribution in [3.8, 4) is 0 Å². The predicted octanol–water partition coefficient (Wildman–Crippen LogP) is 3.66. The summed E-state index contributed by atoms with van der Waals surface area (Å²) in [7, 11) is 0. The average molecular weight is 465 g/mol. The zero-order valence-corrected chi connectivity index (χ0v) is 20.0. The Balaban J connectivity index is 1.31. The van der Waals surface area contributed by atoms with E-state index in [1.165, 1.54) is 5.56 Å². The Bertz CT molecular complexity index is 981. The van der Waals surface area contributed by atoms with Gasteiger partial charge in [0.25, 0.3) is 0 Å². The van der Waals surface area contributed by atoms with Crippen molar-refractivity contribution in [3.05, 3.63) is 59.3 Å². The number of nitrogens with one attached hydrogen (secondary N) is 2. The molecule has 4 rings (SSSR count). The van der Waals surface area contributed by atoms with Gasteiger partial charge in [-0.05, 0) is 61.8 Å². The molecular formula is C27H36N4O3. The van der Waals surface area contributed by atoms with Crippen LogP contribution < -0.4 is 10.6 Å².